The Hall–Kier alpha value is -2.67. The van der Waals surface area contributed by atoms with Crippen molar-refractivity contribution in [1.29, 1.82) is 0 Å². The molecule has 0 unspecified atom stereocenters. The van der Waals surface area contributed by atoms with Crippen molar-refractivity contribution in [3.63, 3.8) is 0 Å². The van der Waals surface area contributed by atoms with Crippen molar-refractivity contribution >= 4 is 22.8 Å². The van der Waals surface area contributed by atoms with Crippen molar-refractivity contribution < 1.29 is 4.52 Å². The van der Waals surface area contributed by atoms with Crippen LogP contribution in [-0.2, 0) is 0 Å². The lowest BCUT2D eigenvalue weighted by Gasteiger charge is -2.09. The van der Waals surface area contributed by atoms with Crippen LogP contribution >= 0.6 is 11.8 Å². The standard InChI is InChI=1S/C20H19N5OS/c1-27-16-8-4-5-14(11-16)20-21-19(23-26-20)13-9-10-18-17(12-13)22-24-25(18)15-6-2-3-7-15/h4-5,8-12,15H,2-3,6-7H2,1H3. The molecule has 1 aliphatic rings. The number of rotatable bonds is 4. The van der Waals surface area contributed by atoms with Gasteiger partial charge < -0.3 is 4.52 Å². The maximum absolute atomic E-state index is 5.49. The average molecular weight is 377 g/mol. The Kier molecular flexibility index (Phi) is 4.16. The smallest absolute Gasteiger partial charge is 0.258 e. The first kappa shape index (κ1) is 16.5. The monoisotopic (exact) mass is 377 g/mol. The van der Waals surface area contributed by atoms with Crippen LogP contribution in [0, 0.1) is 0 Å². The van der Waals surface area contributed by atoms with Gasteiger partial charge >= 0.3 is 0 Å². The molecule has 0 N–H and O–H groups in total. The highest BCUT2D eigenvalue weighted by Crippen LogP contribution is 2.32. The maximum atomic E-state index is 5.49. The molecular formula is C20H19N5OS. The molecular weight excluding hydrogens is 358 g/mol. The van der Waals surface area contributed by atoms with Crippen LogP contribution in [0.2, 0.25) is 0 Å². The third-order valence-electron chi connectivity index (χ3n) is 5.14. The van der Waals surface area contributed by atoms with E-state index < -0.39 is 0 Å². The third-order valence-corrected chi connectivity index (χ3v) is 5.87. The summed E-state index contributed by atoms with van der Waals surface area (Å²) in [5, 5.41) is 12.9. The summed E-state index contributed by atoms with van der Waals surface area (Å²) in [5.41, 5.74) is 3.75. The summed E-state index contributed by atoms with van der Waals surface area (Å²) in [6.07, 6.45) is 6.96. The topological polar surface area (TPSA) is 69.6 Å². The minimum absolute atomic E-state index is 0.473. The SMILES string of the molecule is CSc1cccc(-c2nc(-c3ccc4c(c3)nnn4C3CCCC3)no2)c1. The van der Waals surface area contributed by atoms with E-state index in [0.29, 0.717) is 17.8 Å². The molecule has 136 valence electrons. The van der Waals surface area contributed by atoms with E-state index in [1.807, 2.05) is 30.5 Å². The molecule has 1 aliphatic carbocycles. The van der Waals surface area contributed by atoms with Crippen molar-refractivity contribution in [2.45, 2.75) is 36.6 Å². The molecule has 0 aliphatic heterocycles. The largest absolute Gasteiger partial charge is 0.334 e. The second-order valence-corrected chi connectivity index (χ2v) is 7.71. The summed E-state index contributed by atoms with van der Waals surface area (Å²) in [6, 6.07) is 14.6. The van der Waals surface area contributed by atoms with Crippen LogP contribution in [0.4, 0.5) is 0 Å². The molecule has 0 spiro atoms. The van der Waals surface area contributed by atoms with Gasteiger partial charge in [0.2, 0.25) is 5.82 Å². The van der Waals surface area contributed by atoms with Gasteiger partial charge in [-0.05, 0) is 55.5 Å². The lowest BCUT2D eigenvalue weighted by Crippen LogP contribution is -2.06. The van der Waals surface area contributed by atoms with E-state index >= 15 is 0 Å². The molecule has 0 saturated heterocycles. The van der Waals surface area contributed by atoms with Crippen LogP contribution in [0.15, 0.2) is 51.9 Å². The molecule has 0 radical (unpaired) electrons. The zero-order valence-electron chi connectivity index (χ0n) is 15.0. The van der Waals surface area contributed by atoms with Gasteiger partial charge in [0.25, 0.3) is 5.89 Å². The predicted octanol–water partition coefficient (Wildman–Crippen LogP) is 4.99. The van der Waals surface area contributed by atoms with E-state index in [9.17, 15) is 0 Å². The molecule has 4 aromatic rings. The summed E-state index contributed by atoms with van der Waals surface area (Å²) in [5.74, 6) is 1.09. The fourth-order valence-electron chi connectivity index (χ4n) is 3.71. The maximum Gasteiger partial charge on any atom is 0.258 e. The van der Waals surface area contributed by atoms with Gasteiger partial charge in [0.15, 0.2) is 0 Å². The van der Waals surface area contributed by atoms with Crippen molar-refractivity contribution in [1.82, 2.24) is 25.1 Å². The Bertz CT molecular complexity index is 1100. The van der Waals surface area contributed by atoms with Crippen molar-refractivity contribution in [3.05, 3.63) is 42.5 Å². The van der Waals surface area contributed by atoms with Gasteiger partial charge in [-0.2, -0.15) is 4.98 Å². The summed E-state index contributed by atoms with van der Waals surface area (Å²) in [7, 11) is 0. The fraction of sp³-hybridized carbons (Fsp3) is 0.300. The van der Waals surface area contributed by atoms with Gasteiger partial charge in [-0.1, -0.05) is 29.3 Å². The highest BCUT2D eigenvalue weighted by Gasteiger charge is 2.20. The van der Waals surface area contributed by atoms with Crippen LogP contribution in [-0.4, -0.2) is 31.4 Å². The number of fused-ring (bicyclic) bond motifs is 1. The predicted molar refractivity (Wildman–Crippen MR) is 106 cm³/mol. The average Bonchev–Trinajstić information content (AvgIpc) is 3.47. The minimum Gasteiger partial charge on any atom is -0.334 e. The summed E-state index contributed by atoms with van der Waals surface area (Å²) >= 11 is 1.69. The molecule has 0 atom stereocenters. The fourth-order valence-corrected chi connectivity index (χ4v) is 4.17. The molecule has 27 heavy (non-hydrogen) atoms. The number of thioether (sulfide) groups is 1. The van der Waals surface area contributed by atoms with Crippen molar-refractivity contribution in [2.24, 2.45) is 0 Å². The van der Waals surface area contributed by atoms with E-state index in [-0.39, 0.29) is 0 Å². The van der Waals surface area contributed by atoms with Gasteiger partial charge in [-0.15, -0.1) is 16.9 Å². The van der Waals surface area contributed by atoms with Crippen LogP contribution in [0.5, 0.6) is 0 Å². The summed E-state index contributed by atoms with van der Waals surface area (Å²) in [6.45, 7) is 0. The van der Waals surface area contributed by atoms with E-state index in [2.05, 4.69) is 43.3 Å². The van der Waals surface area contributed by atoms with Gasteiger partial charge in [0, 0.05) is 16.0 Å². The molecule has 2 aromatic carbocycles. The van der Waals surface area contributed by atoms with Gasteiger partial charge in [-0.3, -0.25) is 0 Å². The number of benzene rings is 2. The van der Waals surface area contributed by atoms with Gasteiger partial charge in [0.1, 0.15) is 5.52 Å². The van der Waals surface area contributed by atoms with E-state index in [4.69, 9.17) is 4.52 Å². The molecule has 6 nitrogen and oxygen atoms in total. The first-order valence-electron chi connectivity index (χ1n) is 9.15. The van der Waals surface area contributed by atoms with Gasteiger partial charge in [0.05, 0.1) is 11.6 Å². The molecule has 2 aromatic heterocycles. The van der Waals surface area contributed by atoms with Crippen LogP contribution in [0.1, 0.15) is 31.7 Å². The Morgan fingerprint density at radius 2 is 1.96 bits per heavy atom. The van der Waals surface area contributed by atoms with E-state index in [1.54, 1.807) is 11.8 Å². The van der Waals surface area contributed by atoms with E-state index in [1.165, 1.54) is 25.7 Å². The zero-order valence-corrected chi connectivity index (χ0v) is 15.8. The molecule has 5 rings (SSSR count). The van der Waals surface area contributed by atoms with E-state index in [0.717, 1.165) is 27.1 Å². The van der Waals surface area contributed by atoms with Crippen molar-refractivity contribution in [3.8, 4) is 22.8 Å². The Morgan fingerprint density at radius 3 is 2.81 bits per heavy atom. The Balaban J connectivity index is 1.48. The highest BCUT2D eigenvalue weighted by atomic mass is 32.2. The van der Waals surface area contributed by atoms with Crippen molar-refractivity contribution in [2.75, 3.05) is 6.26 Å². The molecule has 7 heteroatoms. The van der Waals surface area contributed by atoms with Crippen LogP contribution < -0.4 is 0 Å². The van der Waals surface area contributed by atoms with Gasteiger partial charge in [-0.25, -0.2) is 4.68 Å². The normalized spacial score (nSPS) is 15.0. The minimum atomic E-state index is 0.473. The lowest BCUT2D eigenvalue weighted by molar-refractivity contribution is 0.432. The zero-order chi connectivity index (χ0) is 18.2. The molecule has 0 amide bonds. The lowest BCUT2D eigenvalue weighted by atomic mass is 10.1. The number of nitrogens with zero attached hydrogens (tertiary/aromatic N) is 5. The second kappa shape index (κ2) is 6.81. The van der Waals surface area contributed by atoms with Crippen LogP contribution in [0.3, 0.4) is 0 Å². The quantitative estimate of drug-likeness (QED) is 0.467. The molecule has 0 bridgehead atoms. The second-order valence-electron chi connectivity index (χ2n) is 6.83. The highest BCUT2D eigenvalue weighted by molar-refractivity contribution is 7.98. The number of aromatic nitrogens is 5. The molecule has 1 saturated carbocycles. The summed E-state index contributed by atoms with van der Waals surface area (Å²) in [4.78, 5) is 5.74. The first-order chi connectivity index (χ1) is 13.3. The van der Waals surface area contributed by atoms with Crippen LogP contribution in [0.25, 0.3) is 33.9 Å². The molecule has 2 heterocycles. The first-order valence-corrected chi connectivity index (χ1v) is 10.4. The number of hydrogen-bond donors (Lipinski definition) is 0. The number of hydrogen-bond acceptors (Lipinski definition) is 6. The Labute approximate surface area is 161 Å². The third kappa shape index (κ3) is 3.02. The Morgan fingerprint density at radius 1 is 1.07 bits per heavy atom. The molecule has 1 fully saturated rings. The summed E-state index contributed by atoms with van der Waals surface area (Å²) < 4.78 is 7.56.